The first kappa shape index (κ1) is 14.9. The molecule has 0 spiro atoms. The fourth-order valence-corrected chi connectivity index (χ4v) is 2.50. The Labute approximate surface area is 142 Å². The summed E-state index contributed by atoms with van der Waals surface area (Å²) in [4.78, 5) is 22.7. The number of fused-ring (bicyclic) bond motifs is 1. The number of aromatic carboxylic acids is 1. The smallest absolute Gasteiger partial charge is 0.335 e. The van der Waals surface area contributed by atoms with Gasteiger partial charge in [0.05, 0.1) is 22.8 Å². The zero-order valence-corrected chi connectivity index (χ0v) is 13.0. The van der Waals surface area contributed by atoms with E-state index in [9.17, 15) is 4.79 Å². The summed E-state index contributed by atoms with van der Waals surface area (Å²) in [6.45, 7) is 0. The maximum Gasteiger partial charge on any atom is 0.335 e. The number of aromatic amines is 1. The molecule has 0 bridgehead atoms. The van der Waals surface area contributed by atoms with Crippen molar-refractivity contribution < 1.29 is 14.6 Å². The lowest BCUT2D eigenvalue weighted by molar-refractivity contribution is 0.0697. The Morgan fingerprint density at radius 3 is 2.60 bits per heavy atom. The molecule has 0 radical (unpaired) electrons. The van der Waals surface area contributed by atoms with Crippen LogP contribution in [-0.4, -0.2) is 26.0 Å². The number of benzene rings is 2. The van der Waals surface area contributed by atoms with Crippen LogP contribution in [-0.2, 0) is 0 Å². The average molecular weight is 331 g/mol. The van der Waals surface area contributed by atoms with Gasteiger partial charge in [0.1, 0.15) is 17.3 Å². The molecule has 2 aromatic heterocycles. The van der Waals surface area contributed by atoms with E-state index in [2.05, 4.69) is 15.0 Å². The van der Waals surface area contributed by atoms with Gasteiger partial charge in [-0.25, -0.2) is 9.78 Å². The van der Waals surface area contributed by atoms with Gasteiger partial charge in [0.15, 0.2) is 0 Å². The second-order valence-corrected chi connectivity index (χ2v) is 5.44. The van der Waals surface area contributed by atoms with E-state index in [0.717, 1.165) is 11.1 Å². The number of imidazole rings is 1. The third-order valence-electron chi connectivity index (χ3n) is 3.73. The second-order valence-electron chi connectivity index (χ2n) is 5.44. The molecule has 0 saturated heterocycles. The molecule has 0 saturated carbocycles. The van der Waals surface area contributed by atoms with E-state index >= 15 is 0 Å². The Bertz CT molecular complexity index is 1040. The van der Waals surface area contributed by atoms with Crippen LogP contribution in [0.4, 0.5) is 0 Å². The highest BCUT2D eigenvalue weighted by molar-refractivity contribution is 5.93. The highest BCUT2D eigenvalue weighted by Crippen LogP contribution is 2.25. The van der Waals surface area contributed by atoms with Gasteiger partial charge in [-0.15, -0.1) is 0 Å². The lowest BCUT2D eigenvalue weighted by atomic mass is 10.2. The topological polar surface area (TPSA) is 88.1 Å². The molecule has 0 aliphatic carbocycles. The summed E-state index contributed by atoms with van der Waals surface area (Å²) in [6, 6.07) is 15.9. The van der Waals surface area contributed by atoms with Gasteiger partial charge in [0, 0.05) is 11.8 Å². The quantitative estimate of drug-likeness (QED) is 0.587. The van der Waals surface area contributed by atoms with Crippen molar-refractivity contribution in [2.45, 2.75) is 0 Å². The fraction of sp³-hybridized carbons (Fsp3) is 0. The van der Waals surface area contributed by atoms with Gasteiger partial charge < -0.3 is 14.8 Å². The van der Waals surface area contributed by atoms with Crippen LogP contribution < -0.4 is 4.74 Å². The molecule has 2 heterocycles. The fourth-order valence-electron chi connectivity index (χ4n) is 2.50. The summed E-state index contributed by atoms with van der Waals surface area (Å²) >= 11 is 0. The molecular formula is C19H13N3O3. The van der Waals surface area contributed by atoms with Crippen molar-refractivity contribution in [1.82, 2.24) is 15.0 Å². The van der Waals surface area contributed by atoms with Gasteiger partial charge in [0.2, 0.25) is 0 Å². The van der Waals surface area contributed by atoms with Crippen LogP contribution in [0.3, 0.4) is 0 Å². The average Bonchev–Trinajstić information content (AvgIpc) is 3.06. The van der Waals surface area contributed by atoms with Crippen molar-refractivity contribution in [2.24, 2.45) is 0 Å². The van der Waals surface area contributed by atoms with E-state index in [1.165, 1.54) is 0 Å². The SMILES string of the molecule is O=C(O)c1ccc2[nH]c(-c3ccc(Oc4cccnc4)cc3)nc2c1. The number of nitrogens with zero attached hydrogens (tertiary/aromatic N) is 2. The highest BCUT2D eigenvalue weighted by Gasteiger charge is 2.09. The predicted octanol–water partition coefficient (Wildman–Crippen LogP) is 4.12. The number of hydrogen-bond donors (Lipinski definition) is 2. The lowest BCUT2D eigenvalue weighted by Gasteiger charge is -2.05. The molecule has 0 unspecified atom stereocenters. The summed E-state index contributed by atoms with van der Waals surface area (Å²) in [5, 5.41) is 9.06. The summed E-state index contributed by atoms with van der Waals surface area (Å²) in [5.41, 5.74) is 2.50. The van der Waals surface area contributed by atoms with E-state index in [1.807, 2.05) is 36.4 Å². The van der Waals surface area contributed by atoms with Gasteiger partial charge in [0.25, 0.3) is 0 Å². The van der Waals surface area contributed by atoms with Crippen LogP contribution >= 0.6 is 0 Å². The monoisotopic (exact) mass is 331 g/mol. The molecular weight excluding hydrogens is 318 g/mol. The number of hydrogen-bond acceptors (Lipinski definition) is 4. The van der Waals surface area contributed by atoms with E-state index in [0.29, 0.717) is 22.8 Å². The summed E-state index contributed by atoms with van der Waals surface area (Å²) in [7, 11) is 0. The Balaban J connectivity index is 1.61. The Hall–Kier alpha value is -3.67. The minimum absolute atomic E-state index is 0.214. The van der Waals surface area contributed by atoms with Crippen LogP contribution in [0.25, 0.3) is 22.4 Å². The van der Waals surface area contributed by atoms with Crippen molar-refractivity contribution in [3.63, 3.8) is 0 Å². The number of H-pyrrole nitrogens is 1. The Morgan fingerprint density at radius 1 is 1.04 bits per heavy atom. The Kier molecular flexibility index (Phi) is 3.63. The van der Waals surface area contributed by atoms with Gasteiger partial charge >= 0.3 is 5.97 Å². The predicted molar refractivity (Wildman–Crippen MR) is 92.8 cm³/mol. The second kappa shape index (κ2) is 6.09. The van der Waals surface area contributed by atoms with Crippen LogP contribution in [0.5, 0.6) is 11.5 Å². The molecule has 0 aliphatic heterocycles. The minimum atomic E-state index is -0.969. The zero-order valence-electron chi connectivity index (χ0n) is 13.0. The third kappa shape index (κ3) is 3.05. The van der Waals surface area contributed by atoms with E-state index in [4.69, 9.17) is 9.84 Å². The Morgan fingerprint density at radius 2 is 1.88 bits per heavy atom. The van der Waals surface area contributed by atoms with E-state index in [-0.39, 0.29) is 5.56 Å². The molecule has 0 amide bonds. The first-order valence-electron chi connectivity index (χ1n) is 7.60. The third-order valence-corrected chi connectivity index (χ3v) is 3.73. The van der Waals surface area contributed by atoms with Crippen LogP contribution in [0.15, 0.2) is 67.0 Å². The van der Waals surface area contributed by atoms with Crippen LogP contribution in [0, 0.1) is 0 Å². The normalized spacial score (nSPS) is 10.7. The summed E-state index contributed by atoms with van der Waals surface area (Å²) in [6.07, 6.45) is 3.33. The molecule has 122 valence electrons. The number of carboxylic acid groups (broad SMARTS) is 1. The van der Waals surface area contributed by atoms with Crippen molar-refractivity contribution in [2.75, 3.05) is 0 Å². The van der Waals surface area contributed by atoms with Crippen molar-refractivity contribution in [3.8, 4) is 22.9 Å². The molecule has 2 aromatic carbocycles. The first-order chi connectivity index (χ1) is 12.2. The van der Waals surface area contributed by atoms with Gasteiger partial charge in [-0.3, -0.25) is 4.98 Å². The molecule has 0 atom stereocenters. The molecule has 6 heteroatoms. The van der Waals surface area contributed by atoms with Crippen LogP contribution in [0.1, 0.15) is 10.4 Å². The zero-order chi connectivity index (χ0) is 17.2. The largest absolute Gasteiger partial charge is 0.478 e. The van der Waals surface area contributed by atoms with Gasteiger partial charge in [-0.2, -0.15) is 0 Å². The van der Waals surface area contributed by atoms with E-state index < -0.39 is 5.97 Å². The van der Waals surface area contributed by atoms with Crippen molar-refractivity contribution in [3.05, 3.63) is 72.6 Å². The number of carboxylic acids is 1. The number of rotatable bonds is 4. The van der Waals surface area contributed by atoms with Crippen molar-refractivity contribution in [1.29, 1.82) is 0 Å². The molecule has 0 aliphatic rings. The highest BCUT2D eigenvalue weighted by atomic mass is 16.5. The number of pyridine rings is 1. The van der Waals surface area contributed by atoms with Crippen molar-refractivity contribution >= 4 is 17.0 Å². The summed E-state index contributed by atoms with van der Waals surface area (Å²) < 4.78 is 5.71. The van der Waals surface area contributed by atoms with Gasteiger partial charge in [-0.05, 0) is 54.6 Å². The molecule has 4 rings (SSSR count). The lowest BCUT2D eigenvalue weighted by Crippen LogP contribution is -1.94. The summed E-state index contributed by atoms with van der Waals surface area (Å²) in [5.74, 6) is 1.06. The first-order valence-corrected chi connectivity index (χ1v) is 7.60. The van der Waals surface area contributed by atoms with Gasteiger partial charge in [-0.1, -0.05) is 0 Å². The molecule has 25 heavy (non-hydrogen) atoms. The number of aromatic nitrogens is 3. The number of carbonyl (C=O) groups is 1. The molecule has 4 aromatic rings. The standard InChI is InChI=1S/C19H13N3O3/c23-19(24)13-5-8-16-17(10-13)22-18(21-16)12-3-6-14(7-4-12)25-15-2-1-9-20-11-15/h1-11H,(H,21,22)(H,23,24). The minimum Gasteiger partial charge on any atom is -0.478 e. The van der Waals surface area contributed by atoms with Crippen LogP contribution in [0.2, 0.25) is 0 Å². The number of ether oxygens (including phenoxy) is 1. The molecule has 6 nitrogen and oxygen atoms in total. The maximum atomic E-state index is 11.1. The molecule has 2 N–H and O–H groups in total. The molecule has 0 fully saturated rings. The maximum absolute atomic E-state index is 11.1. The van der Waals surface area contributed by atoms with E-state index in [1.54, 1.807) is 30.6 Å². The number of nitrogens with one attached hydrogen (secondary N) is 1.